The minimum Gasteiger partial charge on any atom is -0.480 e. The lowest BCUT2D eigenvalue weighted by molar-refractivity contribution is -0.144. The highest BCUT2D eigenvalue weighted by Gasteiger charge is 2.37. The van der Waals surface area contributed by atoms with Crippen LogP contribution in [0.2, 0.25) is 0 Å². The molecule has 0 bridgehead atoms. The Morgan fingerprint density at radius 1 is 1.60 bits per heavy atom. The molecule has 0 saturated heterocycles. The molecule has 0 radical (unpaired) electrons. The molecule has 20 heavy (non-hydrogen) atoms. The molecule has 1 atom stereocenters. The van der Waals surface area contributed by atoms with Gasteiger partial charge in [-0.15, -0.1) is 0 Å². The Morgan fingerprint density at radius 2 is 2.35 bits per heavy atom. The number of carbonyl (C=O) groups is 1. The second kappa shape index (κ2) is 6.58. The van der Waals surface area contributed by atoms with Crippen molar-refractivity contribution in [3.8, 4) is 0 Å². The van der Waals surface area contributed by atoms with Gasteiger partial charge >= 0.3 is 5.97 Å². The van der Waals surface area contributed by atoms with Crippen LogP contribution in [0.5, 0.6) is 0 Å². The lowest BCUT2D eigenvalue weighted by Gasteiger charge is -2.26. The number of aliphatic carboxylic acids is 1. The zero-order chi connectivity index (χ0) is 14.6. The van der Waals surface area contributed by atoms with Crippen LogP contribution in [0.4, 0.5) is 0 Å². The Hall–Kier alpha value is -1.08. The number of aromatic nitrogens is 3. The summed E-state index contributed by atoms with van der Waals surface area (Å²) in [6, 6.07) is 0.407. The van der Waals surface area contributed by atoms with Crippen molar-refractivity contribution in [3.63, 3.8) is 0 Å². The number of unbranched alkanes of at least 4 members (excludes halogenated alkanes) is 1. The van der Waals surface area contributed by atoms with Crippen LogP contribution in [0, 0.1) is 0 Å². The number of aryl methyl sites for hydroxylation is 1. The predicted molar refractivity (Wildman–Crippen MR) is 77.8 cm³/mol. The van der Waals surface area contributed by atoms with Crippen molar-refractivity contribution in [1.82, 2.24) is 20.1 Å². The fraction of sp³-hybridized carbons (Fsp3) is 0.769. The molecule has 112 valence electrons. The smallest absolute Gasteiger partial charge is 0.323 e. The van der Waals surface area contributed by atoms with Crippen molar-refractivity contribution in [2.24, 2.45) is 7.05 Å². The first-order valence-electron chi connectivity index (χ1n) is 6.99. The monoisotopic (exact) mass is 298 g/mol. The van der Waals surface area contributed by atoms with Crippen molar-refractivity contribution < 1.29 is 9.90 Å². The molecular weight excluding hydrogens is 276 g/mol. The molecule has 6 nitrogen and oxygen atoms in total. The highest BCUT2D eigenvalue weighted by Crippen LogP contribution is 2.26. The Labute approximate surface area is 123 Å². The maximum Gasteiger partial charge on any atom is 0.323 e. The average molecular weight is 298 g/mol. The van der Waals surface area contributed by atoms with Crippen LogP contribution in [0.15, 0.2) is 11.5 Å². The van der Waals surface area contributed by atoms with Gasteiger partial charge < -0.3 is 5.11 Å². The molecular formula is C13H22N4O2S. The SMILES string of the molecule is Cn1ncnc1SCCCCC(C)(NC1CC1)C(=O)O. The van der Waals surface area contributed by atoms with E-state index in [1.54, 1.807) is 29.7 Å². The van der Waals surface area contributed by atoms with Gasteiger partial charge in [0.15, 0.2) is 5.16 Å². The molecule has 1 aliphatic carbocycles. The minimum atomic E-state index is -0.781. The molecule has 1 heterocycles. The highest BCUT2D eigenvalue weighted by molar-refractivity contribution is 7.99. The Balaban J connectivity index is 1.68. The van der Waals surface area contributed by atoms with E-state index in [9.17, 15) is 9.90 Å². The lowest BCUT2D eigenvalue weighted by atomic mass is 9.95. The maximum atomic E-state index is 11.4. The first-order chi connectivity index (χ1) is 9.51. The van der Waals surface area contributed by atoms with Gasteiger partial charge in [0.1, 0.15) is 11.9 Å². The molecule has 0 aromatic carbocycles. The molecule has 1 aromatic rings. The van der Waals surface area contributed by atoms with Gasteiger partial charge in [-0.2, -0.15) is 5.10 Å². The summed E-state index contributed by atoms with van der Waals surface area (Å²) < 4.78 is 1.75. The zero-order valence-corrected chi connectivity index (χ0v) is 12.8. The molecule has 0 spiro atoms. The van der Waals surface area contributed by atoms with E-state index in [4.69, 9.17) is 0 Å². The van der Waals surface area contributed by atoms with E-state index in [0.717, 1.165) is 36.6 Å². The van der Waals surface area contributed by atoms with Gasteiger partial charge in [0.25, 0.3) is 0 Å². The second-order valence-corrected chi connectivity index (χ2v) is 6.59. The summed E-state index contributed by atoms with van der Waals surface area (Å²) in [6.45, 7) is 1.80. The quantitative estimate of drug-likeness (QED) is 0.533. The summed E-state index contributed by atoms with van der Waals surface area (Å²) in [5, 5.41) is 17.5. The number of hydrogen-bond acceptors (Lipinski definition) is 5. The van der Waals surface area contributed by atoms with Gasteiger partial charge in [0, 0.05) is 18.8 Å². The van der Waals surface area contributed by atoms with Gasteiger partial charge in [0.2, 0.25) is 0 Å². The summed E-state index contributed by atoms with van der Waals surface area (Å²) in [7, 11) is 1.87. The van der Waals surface area contributed by atoms with E-state index < -0.39 is 11.5 Å². The van der Waals surface area contributed by atoms with Crippen LogP contribution >= 0.6 is 11.8 Å². The van der Waals surface area contributed by atoms with Gasteiger partial charge in [-0.1, -0.05) is 18.2 Å². The van der Waals surface area contributed by atoms with Crippen LogP contribution in [0.1, 0.15) is 39.0 Å². The van der Waals surface area contributed by atoms with Crippen LogP contribution in [-0.4, -0.2) is 43.2 Å². The van der Waals surface area contributed by atoms with Crippen LogP contribution in [0.25, 0.3) is 0 Å². The van der Waals surface area contributed by atoms with Gasteiger partial charge in [0.05, 0.1) is 0 Å². The van der Waals surface area contributed by atoms with Gasteiger partial charge in [-0.05, 0) is 32.6 Å². The lowest BCUT2D eigenvalue weighted by Crippen LogP contribution is -2.50. The van der Waals surface area contributed by atoms with E-state index in [1.165, 1.54) is 0 Å². The summed E-state index contributed by atoms with van der Waals surface area (Å²) in [6.07, 6.45) is 6.29. The van der Waals surface area contributed by atoms with E-state index >= 15 is 0 Å². The molecule has 7 heteroatoms. The normalized spacial score (nSPS) is 17.9. The van der Waals surface area contributed by atoms with Gasteiger partial charge in [-0.25, -0.2) is 9.67 Å². The van der Waals surface area contributed by atoms with Crippen molar-refractivity contribution in [3.05, 3.63) is 6.33 Å². The van der Waals surface area contributed by atoms with Crippen molar-refractivity contribution in [1.29, 1.82) is 0 Å². The number of thioether (sulfide) groups is 1. The molecule has 1 aromatic heterocycles. The third kappa shape index (κ3) is 4.21. The molecule has 1 saturated carbocycles. The summed E-state index contributed by atoms with van der Waals surface area (Å²) in [4.78, 5) is 15.5. The predicted octanol–water partition coefficient (Wildman–Crippen LogP) is 1.67. The molecule has 2 N–H and O–H groups in total. The number of rotatable bonds is 9. The third-order valence-corrected chi connectivity index (χ3v) is 4.66. The fourth-order valence-electron chi connectivity index (χ4n) is 2.08. The van der Waals surface area contributed by atoms with E-state index in [1.807, 2.05) is 7.05 Å². The molecule has 2 rings (SSSR count). The molecule has 1 fully saturated rings. The first kappa shape index (κ1) is 15.3. The Kier molecular flexibility index (Phi) is 5.04. The molecule has 1 unspecified atom stereocenters. The number of hydrogen-bond donors (Lipinski definition) is 2. The van der Waals surface area contributed by atoms with Crippen LogP contribution < -0.4 is 5.32 Å². The van der Waals surface area contributed by atoms with E-state index in [0.29, 0.717) is 12.5 Å². The van der Waals surface area contributed by atoms with Crippen LogP contribution in [0.3, 0.4) is 0 Å². The van der Waals surface area contributed by atoms with E-state index in [2.05, 4.69) is 15.4 Å². The number of carboxylic acids is 1. The van der Waals surface area contributed by atoms with E-state index in [-0.39, 0.29) is 0 Å². The number of carboxylic acid groups (broad SMARTS) is 1. The molecule has 1 aliphatic rings. The summed E-state index contributed by atoms with van der Waals surface area (Å²) >= 11 is 1.66. The number of nitrogens with one attached hydrogen (secondary N) is 1. The molecule has 0 aliphatic heterocycles. The molecule has 0 amide bonds. The topological polar surface area (TPSA) is 80.0 Å². The van der Waals surface area contributed by atoms with Crippen molar-refractivity contribution in [2.45, 2.75) is 55.8 Å². The minimum absolute atomic E-state index is 0.407. The fourth-order valence-corrected chi connectivity index (χ4v) is 2.97. The maximum absolute atomic E-state index is 11.4. The van der Waals surface area contributed by atoms with Crippen molar-refractivity contribution in [2.75, 3.05) is 5.75 Å². The first-order valence-corrected chi connectivity index (χ1v) is 7.98. The second-order valence-electron chi connectivity index (χ2n) is 5.53. The standard InChI is InChI=1S/C13H22N4O2S/c1-13(11(18)19,16-10-5-6-10)7-3-4-8-20-12-14-9-15-17(12)2/h9-10,16H,3-8H2,1-2H3,(H,18,19). The van der Waals surface area contributed by atoms with Crippen LogP contribution in [-0.2, 0) is 11.8 Å². The van der Waals surface area contributed by atoms with Crippen molar-refractivity contribution >= 4 is 17.7 Å². The zero-order valence-electron chi connectivity index (χ0n) is 12.0. The van der Waals surface area contributed by atoms with Gasteiger partial charge in [-0.3, -0.25) is 10.1 Å². The Morgan fingerprint density at radius 3 is 2.90 bits per heavy atom. The highest BCUT2D eigenvalue weighted by atomic mass is 32.2. The average Bonchev–Trinajstić information content (AvgIpc) is 3.10. The third-order valence-electron chi connectivity index (χ3n) is 3.54. The summed E-state index contributed by atoms with van der Waals surface area (Å²) in [5.74, 6) is 0.191. The Bertz CT molecular complexity index is 461. The number of nitrogens with zero attached hydrogens (tertiary/aromatic N) is 3. The summed E-state index contributed by atoms with van der Waals surface area (Å²) in [5.41, 5.74) is -0.781. The largest absolute Gasteiger partial charge is 0.480 e.